The highest BCUT2D eigenvalue weighted by Crippen LogP contribution is 2.51. The predicted molar refractivity (Wildman–Crippen MR) is 134 cm³/mol. The fourth-order valence-corrected chi connectivity index (χ4v) is 4.85. The number of amides is 1. The molecular weight excluding hydrogens is 590 g/mol. The summed E-state index contributed by atoms with van der Waals surface area (Å²) >= 11 is 0.0569. The second kappa shape index (κ2) is 13.4. The number of carbonyl (C=O) groups excluding carboxylic acids is 5. The molecule has 6 N–H and O–H groups in total. The Labute approximate surface area is 247 Å². The number of carboxylic acids is 1. The van der Waals surface area contributed by atoms with Crippen LogP contribution < -0.4 is 5.32 Å². The van der Waals surface area contributed by atoms with Gasteiger partial charge in [0.25, 0.3) is 5.91 Å². The minimum atomic E-state index is -4.37. The number of aliphatic hydroxyl groups excluding tert-OH is 1. The fourth-order valence-electron chi connectivity index (χ4n) is 3.63. The first-order valence-electron chi connectivity index (χ1n) is 14.1. The first-order chi connectivity index (χ1) is 21.5. The molecule has 0 saturated carbocycles. The van der Waals surface area contributed by atoms with Crippen molar-refractivity contribution in [1.82, 2.24) is 5.32 Å². The van der Waals surface area contributed by atoms with Gasteiger partial charge in [-0.25, -0.2) is 4.79 Å². The molecule has 232 valence electrons. The van der Waals surface area contributed by atoms with Crippen LogP contribution in [-0.4, -0.2) is 108 Å². The van der Waals surface area contributed by atoms with E-state index in [1.54, 1.807) is 6.07 Å². The van der Waals surface area contributed by atoms with Crippen LogP contribution in [-0.2, 0) is 47.7 Å². The lowest BCUT2D eigenvalue weighted by molar-refractivity contribution is -0.509. The van der Waals surface area contributed by atoms with E-state index in [-0.39, 0.29) is 17.3 Å². The molecule has 0 bridgehead atoms. The minimum Gasteiger partial charge on any atom is -0.480 e. The molecule has 0 aliphatic carbocycles. The molecule has 18 heteroatoms. The van der Waals surface area contributed by atoms with E-state index in [2.05, 4.69) is 19.5 Å². The number of aliphatic carboxylic acids is 1. The Kier molecular flexibility index (Phi) is 9.06. The lowest BCUT2D eigenvalue weighted by atomic mass is 9.87. The normalized spacial score (nSPS) is 29.6. The summed E-state index contributed by atoms with van der Waals surface area (Å²) in [5.41, 5.74) is -2.53. The Bertz CT molecular complexity index is 1300. The van der Waals surface area contributed by atoms with Gasteiger partial charge in [-0.2, -0.15) is 0 Å². The number of thioether (sulfide) groups is 1. The molecule has 42 heavy (non-hydrogen) atoms. The van der Waals surface area contributed by atoms with Crippen LogP contribution in [0.2, 0.25) is 0 Å². The molecule has 0 spiro atoms. The smallest absolute Gasteiger partial charge is 0.350 e. The molecule has 7 atom stereocenters. The van der Waals surface area contributed by atoms with E-state index >= 15 is 0 Å². The van der Waals surface area contributed by atoms with Crippen molar-refractivity contribution in [2.45, 2.75) is 68.8 Å². The van der Waals surface area contributed by atoms with Crippen LogP contribution in [0.5, 0.6) is 0 Å². The number of hydrogen-bond donors (Lipinski definition) is 6. The van der Waals surface area contributed by atoms with Crippen molar-refractivity contribution < 1.29 is 83.5 Å². The van der Waals surface area contributed by atoms with E-state index in [1.807, 2.05) is 0 Å². The maximum absolute atomic E-state index is 12.6. The van der Waals surface area contributed by atoms with Crippen LogP contribution >= 0.6 is 11.8 Å². The average molecular weight is 624 g/mol. The number of aliphatic hydroxyl groups is 4. The molecule has 1 aromatic carbocycles. The number of carbonyl (C=O) groups is 6. The molecule has 2 unspecified atom stereocenters. The number of nitrogens with one attached hydrogen (secondary N) is 1. The van der Waals surface area contributed by atoms with Crippen LogP contribution in [0.25, 0.3) is 0 Å². The number of benzene rings is 1. The molecule has 1 heterocycles. The third-order valence-corrected chi connectivity index (χ3v) is 6.57. The van der Waals surface area contributed by atoms with Crippen molar-refractivity contribution in [3.63, 3.8) is 0 Å². The molecule has 1 aromatic rings. The van der Waals surface area contributed by atoms with E-state index in [4.69, 9.17) is 15.0 Å². The largest absolute Gasteiger partial charge is 0.480 e. The predicted octanol–water partition coefficient (Wildman–Crippen LogP) is -2.04. The SMILES string of the molecule is [2H]CC(=O)OC(O)[C@H]1OC(SC[C@H](NC(=O)c2ccccc2)C(=O)O)[C@@](O)(OC(=O)C[2H])[C@](O)(OC(=O)C[2H])[C@]1(O)OC(=O)C[2H]. The molecular formula is C24H29NO16S. The van der Waals surface area contributed by atoms with Gasteiger partial charge < -0.3 is 54.5 Å². The van der Waals surface area contributed by atoms with Gasteiger partial charge in [-0.15, -0.1) is 11.8 Å². The summed E-state index contributed by atoms with van der Waals surface area (Å²) < 4.78 is 52.6. The number of ether oxygens (including phenoxy) is 5. The van der Waals surface area contributed by atoms with Crippen LogP contribution in [0.4, 0.5) is 0 Å². The third kappa shape index (κ3) is 7.33. The van der Waals surface area contributed by atoms with Gasteiger partial charge >= 0.3 is 47.2 Å². The molecule has 2 rings (SSSR count). The molecule has 1 saturated heterocycles. The summed E-state index contributed by atoms with van der Waals surface area (Å²) in [4.78, 5) is 73.2. The van der Waals surface area contributed by atoms with E-state index < -0.39 is 110 Å². The minimum absolute atomic E-state index is 0.0194. The molecule has 1 aliphatic rings. The lowest BCUT2D eigenvalue weighted by Crippen LogP contribution is -2.83. The van der Waals surface area contributed by atoms with E-state index in [0.29, 0.717) is 0 Å². The molecule has 1 aliphatic heterocycles. The number of esters is 4. The Hall–Kier alpha value is -3.81. The fraction of sp³-hybridized carbons (Fsp3) is 0.500. The zero-order valence-corrected chi connectivity index (χ0v) is 22.2. The zero-order valence-electron chi connectivity index (χ0n) is 25.4. The second-order valence-electron chi connectivity index (χ2n) is 8.29. The van der Waals surface area contributed by atoms with E-state index in [0.717, 1.165) is 0 Å². The van der Waals surface area contributed by atoms with Gasteiger partial charge in [0.1, 0.15) is 6.04 Å². The quantitative estimate of drug-likeness (QED) is 0.0881. The summed E-state index contributed by atoms with van der Waals surface area (Å²) in [5, 5.41) is 57.3. The highest BCUT2D eigenvalue weighted by atomic mass is 32.2. The van der Waals surface area contributed by atoms with Gasteiger partial charge in [0.2, 0.25) is 6.29 Å². The summed E-state index contributed by atoms with van der Waals surface area (Å²) in [5.74, 6) is -22.9. The first kappa shape index (κ1) is 28.3. The summed E-state index contributed by atoms with van der Waals surface area (Å²) in [6, 6.07) is 5.34. The zero-order chi connectivity index (χ0) is 34.9. The highest BCUT2D eigenvalue weighted by molar-refractivity contribution is 7.99. The number of rotatable bonds is 11. The van der Waals surface area contributed by atoms with Gasteiger partial charge in [-0.3, -0.25) is 24.0 Å². The molecule has 0 radical (unpaired) electrons. The van der Waals surface area contributed by atoms with Crippen LogP contribution in [0.15, 0.2) is 30.3 Å². The molecule has 1 amide bonds. The van der Waals surface area contributed by atoms with E-state index in [9.17, 15) is 54.3 Å². The number of hydrogen-bond acceptors (Lipinski definition) is 16. The van der Waals surface area contributed by atoms with Gasteiger partial charge in [-0.05, 0) is 12.1 Å². The summed E-state index contributed by atoms with van der Waals surface area (Å²) in [6.07, 6.45) is -5.76. The van der Waals surface area contributed by atoms with Crippen molar-refractivity contribution in [3.8, 4) is 0 Å². The third-order valence-electron chi connectivity index (χ3n) is 5.31. The molecule has 0 aromatic heterocycles. The van der Waals surface area contributed by atoms with Crippen LogP contribution in [0.3, 0.4) is 0 Å². The van der Waals surface area contributed by atoms with E-state index in [1.165, 1.54) is 24.3 Å². The van der Waals surface area contributed by atoms with Gasteiger partial charge in [-0.1, -0.05) is 18.2 Å². The van der Waals surface area contributed by atoms with Crippen molar-refractivity contribution in [2.75, 3.05) is 5.75 Å². The lowest BCUT2D eigenvalue weighted by Gasteiger charge is -2.56. The van der Waals surface area contributed by atoms with Crippen molar-refractivity contribution in [3.05, 3.63) is 35.9 Å². The highest BCUT2D eigenvalue weighted by Gasteiger charge is 2.81. The van der Waals surface area contributed by atoms with Crippen LogP contribution in [0.1, 0.15) is 43.4 Å². The van der Waals surface area contributed by atoms with Crippen molar-refractivity contribution in [2.24, 2.45) is 0 Å². The first-order valence-corrected chi connectivity index (χ1v) is 12.3. The van der Waals surface area contributed by atoms with Gasteiger partial charge in [0.05, 0.1) is 0 Å². The molecule has 17 nitrogen and oxygen atoms in total. The topological polar surface area (TPSA) is 262 Å². The number of carboxylic acid groups (broad SMARTS) is 1. The maximum atomic E-state index is 12.6. The molecule has 1 fully saturated rings. The summed E-state index contributed by atoms with van der Waals surface area (Å²) in [7, 11) is 0. The second-order valence-corrected chi connectivity index (χ2v) is 9.39. The standard InChI is InChI=1S/C24H29NO16S/c1-11(26)37-20(33)17-22(34,39-12(2)27)24(36,41-14(4)29)23(35,40-13(3)28)21(38-17)42-10-16(19(31)32)25-18(30)15-8-6-5-7-9-15/h5-9,16-17,20-21,33-36H,10H2,1-4H3,(H,25,30)(H,31,32)/t16-,17+,20?,21?,22+,23+,24+/m0/s1/i1D,2D,3D,4D. The Morgan fingerprint density at radius 2 is 1.48 bits per heavy atom. The summed E-state index contributed by atoms with van der Waals surface area (Å²) in [6.45, 7) is -5.23. The Morgan fingerprint density at radius 3 is 2.02 bits per heavy atom. The Balaban J connectivity index is 2.72. The average Bonchev–Trinajstić information content (AvgIpc) is 3.02. The van der Waals surface area contributed by atoms with Crippen molar-refractivity contribution >= 4 is 47.5 Å². The van der Waals surface area contributed by atoms with Crippen molar-refractivity contribution in [1.29, 1.82) is 0 Å². The monoisotopic (exact) mass is 623 g/mol. The maximum Gasteiger partial charge on any atom is 0.350 e. The van der Waals surface area contributed by atoms with Gasteiger partial charge in [0.15, 0.2) is 11.5 Å². The van der Waals surface area contributed by atoms with Gasteiger partial charge in [0, 0.05) is 44.4 Å². The Morgan fingerprint density at radius 1 is 0.929 bits per heavy atom. The van der Waals surface area contributed by atoms with Crippen LogP contribution in [0, 0.1) is 0 Å².